The second-order valence-electron chi connectivity index (χ2n) is 3.65. The second-order valence-corrected chi connectivity index (χ2v) is 3.65. The van der Waals surface area contributed by atoms with Gasteiger partial charge in [0.15, 0.2) is 6.61 Å². The minimum absolute atomic E-state index is 0.0390. The molecule has 0 aliphatic heterocycles. The summed E-state index contributed by atoms with van der Waals surface area (Å²) < 4.78 is 0. The van der Waals surface area contributed by atoms with Gasteiger partial charge in [-0.25, -0.2) is 5.48 Å². The molecule has 7 nitrogen and oxygen atoms in total. The fraction of sp³-hybridized carbons (Fsp3) is 0.250. The minimum atomic E-state index is -0.683. The predicted octanol–water partition coefficient (Wildman–Crippen LogP) is -0.660. The summed E-state index contributed by atoms with van der Waals surface area (Å²) in [6.07, 6.45) is 0.0390. The van der Waals surface area contributed by atoms with Crippen LogP contribution in [0.5, 0.6) is 0 Å². The molecular formula is C12H15N3O4. The number of benzene rings is 1. The maximum absolute atomic E-state index is 11.6. The van der Waals surface area contributed by atoms with Gasteiger partial charge < -0.3 is 11.1 Å². The number of rotatable bonds is 7. The Hall–Kier alpha value is -2.41. The summed E-state index contributed by atoms with van der Waals surface area (Å²) in [6.45, 7) is -0.221. The Kier molecular flexibility index (Phi) is 6.04. The maximum Gasteiger partial charge on any atom is 0.251 e. The van der Waals surface area contributed by atoms with E-state index in [1.54, 1.807) is 30.3 Å². The zero-order valence-corrected chi connectivity index (χ0v) is 10.2. The SMILES string of the molecule is NC(=O)CONC(=O)CCNC(=O)c1ccccc1. The van der Waals surface area contributed by atoms with Crippen molar-refractivity contribution in [1.29, 1.82) is 0 Å². The van der Waals surface area contributed by atoms with Crippen molar-refractivity contribution in [2.24, 2.45) is 5.73 Å². The first-order chi connectivity index (χ1) is 9.09. The average Bonchev–Trinajstić information content (AvgIpc) is 2.39. The largest absolute Gasteiger partial charge is 0.368 e. The van der Waals surface area contributed by atoms with E-state index in [-0.39, 0.29) is 25.5 Å². The molecule has 0 aromatic heterocycles. The van der Waals surface area contributed by atoms with Crippen molar-refractivity contribution >= 4 is 17.7 Å². The van der Waals surface area contributed by atoms with Gasteiger partial charge in [0.05, 0.1) is 0 Å². The van der Waals surface area contributed by atoms with E-state index < -0.39 is 11.8 Å². The monoisotopic (exact) mass is 265 g/mol. The van der Waals surface area contributed by atoms with E-state index in [9.17, 15) is 14.4 Å². The highest BCUT2D eigenvalue weighted by molar-refractivity contribution is 5.94. The van der Waals surface area contributed by atoms with Gasteiger partial charge in [-0.1, -0.05) is 18.2 Å². The molecule has 0 spiro atoms. The van der Waals surface area contributed by atoms with Gasteiger partial charge in [0.1, 0.15) is 0 Å². The highest BCUT2D eigenvalue weighted by Gasteiger charge is 2.06. The fourth-order valence-electron chi connectivity index (χ4n) is 1.22. The van der Waals surface area contributed by atoms with Crippen molar-refractivity contribution in [3.63, 3.8) is 0 Å². The smallest absolute Gasteiger partial charge is 0.251 e. The number of hydroxylamine groups is 1. The molecule has 4 N–H and O–H groups in total. The second kappa shape index (κ2) is 7.83. The minimum Gasteiger partial charge on any atom is -0.368 e. The molecule has 0 aliphatic carbocycles. The summed E-state index contributed by atoms with van der Waals surface area (Å²) >= 11 is 0. The summed E-state index contributed by atoms with van der Waals surface area (Å²) in [5.74, 6) is -1.39. The van der Waals surface area contributed by atoms with E-state index in [2.05, 4.69) is 10.2 Å². The number of amides is 3. The Labute approximate surface area is 110 Å². The van der Waals surface area contributed by atoms with E-state index >= 15 is 0 Å². The van der Waals surface area contributed by atoms with Crippen molar-refractivity contribution < 1.29 is 19.2 Å². The first-order valence-corrected chi connectivity index (χ1v) is 5.62. The van der Waals surface area contributed by atoms with E-state index in [1.165, 1.54) is 0 Å². The predicted molar refractivity (Wildman–Crippen MR) is 66.7 cm³/mol. The zero-order chi connectivity index (χ0) is 14.1. The van der Waals surface area contributed by atoms with Crippen LogP contribution in [0.2, 0.25) is 0 Å². The van der Waals surface area contributed by atoms with Crippen molar-refractivity contribution in [1.82, 2.24) is 10.8 Å². The van der Waals surface area contributed by atoms with Crippen LogP contribution in [0.25, 0.3) is 0 Å². The summed E-state index contributed by atoms with van der Waals surface area (Å²) in [4.78, 5) is 37.6. The molecule has 0 aliphatic rings. The van der Waals surface area contributed by atoms with Gasteiger partial charge in [-0.05, 0) is 12.1 Å². The van der Waals surface area contributed by atoms with Gasteiger partial charge in [0.2, 0.25) is 11.8 Å². The van der Waals surface area contributed by atoms with E-state index in [4.69, 9.17) is 5.73 Å². The molecule has 1 aromatic rings. The Bertz CT molecular complexity index is 448. The number of carbonyl (C=O) groups is 3. The van der Waals surface area contributed by atoms with Crippen LogP contribution in [0, 0.1) is 0 Å². The van der Waals surface area contributed by atoms with Gasteiger partial charge in [-0.2, -0.15) is 0 Å². The third kappa shape index (κ3) is 6.18. The van der Waals surface area contributed by atoms with Crippen LogP contribution < -0.4 is 16.5 Å². The molecule has 0 atom stereocenters. The number of nitrogens with two attached hydrogens (primary N) is 1. The van der Waals surface area contributed by atoms with Gasteiger partial charge in [0.25, 0.3) is 5.91 Å². The summed E-state index contributed by atoms with van der Waals surface area (Å²) in [5.41, 5.74) is 7.37. The van der Waals surface area contributed by atoms with Crippen LogP contribution in [-0.2, 0) is 14.4 Å². The highest BCUT2D eigenvalue weighted by Crippen LogP contribution is 1.97. The Morgan fingerprint density at radius 2 is 1.84 bits per heavy atom. The number of primary amides is 1. The quantitative estimate of drug-likeness (QED) is 0.568. The average molecular weight is 265 g/mol. The lowest BCUT2D eigenvalue weighted by molar-refractivity contribution is -0.137. The molecule has 0 unspecified atom stereocenters. The topological polar surface area (TPSA) is 111 Å². The molecule has 0 fully saturated rings. The zero-order valence-electron chi connectivity index (χ0n) is 10.2. The summed E-state index contributed by atoms with van der Waals surface area (Å²) in [7, 11) is 0. The molecule has 0 radical (unpaired) electrons. The first kappa shape index (κ1) is 14.7. The number of carbonyl (C=O) groups excluding carboxylic acids is 3. The van der Waals surface area contributed by atoms with Crippen molar-refractivity contribution in [2.75, 3.05) is 13.2 Å². The van der Waals surface area contributed by atoms with Crippen molar-refractivity contribution in [3.8, 4) is 0 Å². The van der Waals surface area contributed by atoms with Crippen LogP contribution in [0.4, 0.5) is 0 Å². The molecule has 102 valence electrons. The Morgan fingerprint density at radius 3 is 2.47 bits per heavy atom. The Morgan fingerprint density at radius 1 is 1.16 bits per heavy atom. The summed E-state index contributed by atoms with van der Waals surface area (Å²) in [5, 5.41) is 2.58. The van der Waals surface area contributed by atoms with Crippen molar-refractivity contribution in [2.45, 2.75) is 6.42 Å². The van der Waals surface area contributed by atoms with E-state index in [1.807, 2.05) is 5.48 Å². The molecule has 1 aromatic carbocycles. The molecular weight excluding hydrogens is 250 g/mol. The third-order valence-electron chi connectivity index (χ3n) is 2.07. The number of hydrogen-bond donors (Lipinski definition) is 3. The molecule has 19 heavy (non-hydrogen) atoms. The lowest BCUT2D eigenvalue weighted by atomic mass is 10.2. The van der Waals surface area contributed by atoms with Gasteiger partial charge in [0, 0.05) is 18.5 Å². The Balaban J connectivity index is 2.18. The molecule has 1 rings (SSSR count). The lowest BCUT2D eigenvalue weighted by Crippen LogP contribution is -2.32. The standard InChI is InChI=1S/C12H15N3O4/c13-10(16)8-19-15-11(17)6-7-14-12(18)9-4-2-1-3-5-9/h1-5H,6-8H2,(H2,13,16)(H,14,18)(H,15,17). The number of hydrogen-bond acceptors (Lipinski definition) is 4. The summed E-state index contributed by atoms with van der Waals surface area (Å²) in [6, 6.07) is 8.65. The lowest BCUT2D eigenvalue weighted by Gasteiger charge is -2.06. The highest BCUT2D eigenvalue weighted by atomic mass is 16.7. The van der Waals surface area contributed by atoms with Crippen LogP contribution in [-0.4, -0.2) is 30.9 Å². The third-order valence-corrected chi connectivity index (χ3v) is 2.07. The van der Waals surface area contributed by atoms with Crippen LogP contribution in [0.15, 0.2) is 30.3 Å². The molecule has 0 heterocycles. The van der Waals surface area contributed by atoms with Crippen LogP contribution in [0.3, 0.4) is 0 Å². The molecule has 0 saturated carbocycles. The first-order valence-electron chi connectivity index (χ1n) is 5.62. The maximum atomic E-state index is 11.6. The van der Waals surface area contributed by atoms with Crippen LogP contribution in [0.1, 0.15) is 16.8 Å². The number of nitrogens with one attached hydrogen (secondary N) is 2. The van der Waals surface area contributed by atoms with E-state index in [0.29, 0.717) is 5.56 Å². The van der Waals surface area contributed by atoms with Crippen molar-refractivity contribution in [3.05, 3.63) is 35.9 Å². The molecule has 7 heteroatoms. The molecule has 3 amide bonds. The fourth-order valence-corrected chi connectivity index (χ4v) is 1.22. The van der Waals surface area contributed by atoms with Gasteiger partial charge in [-0.3, -0.25) is 19.2 Å². The van der Waals surface area contributed by atoms with Crippen LogP contribution >= 0.6 is 0 Å². The molecule has 0 bridgehead atoms. The van der Waals surface area contributed by atoms with Gasteiger partial charge >= 0.3 is 0 Å². The van der Waals surface area contributed by atoms with Gasteiger partial charge in [-0.15, -0.1) is 0 Å². The normalized spacial score (nSPS) is 9.68. The van der Waals surface area contributed by atoms with E-state index in [0.717, 1.165) is 0 Å². The molecule has 0 saturated heterocycles.